The molecular formula is C21H17Cl2FN2O4S. The predicted molar refractivity (Wildman–Crippen MR) is 119 cm³/mol. The average molecular weight is 483 g/mol. The van der Waals surface area contributed by atoms with Crippen molar-refractivity contribution in [3.05, 3.63) is 82.6 Å². The van der Waals surface area contributed by atoms with Gasteiger partial charge < -0.3 is 10.1 Å². The Morgan fingerprint density at radius 1 is 0.968 bits per heavy atom. The molecule has 0 saturated carbocycles. The predicted octanol–water partition coefficient (Wildman–Crippen LogP) is 5.34. The summed E-state index contributed by atoms with van der Waals surface area (Å²) in [7, 11) is -4.04. The summed E-state index contributed by atoms with van der Waals surface area (Å²) in [5.74, 6) is -0.922. The molecule has 0 aliphatic heterocycles. The molecule has 0 heterocycles. The number of hydrogen-bond acceptors (Lipinski definition) is 4. The topological polar surface area (TPSA) is 84.5 Å². The molecule has 0 unspecified atom stereocenters. The van der Waals surface area contributed by atoms with Gasteiger partial charge in [-0.3, -0.25) is 9.52 Å². The number of carbonyl (C=O) groups is 1. The molecule has 0 bridgehead atoms. The molecule has 31 heavy (non-hydrogen) atoms. The zero-order valence-corrected chi connectivity index (χ0v) is 18.3. The molecule has 0 atom stereocenters. The number of para-hydroxylation sites is 1. The van der Waals surface area contributed by atoms with Crippen LogP contribution in [0.1, 0.15) is 6.42 Å². The Morgan fingerprint density at radius 3 is 2.48 bits per heavy atom. The van der Waals surface area contributed by atoms with Crippen molar-refractivity contribution in [3.63, 3.8) is 0 Å². The second-order valence-electron chi connectivity index (χ2n) is 6.34. The van der Waals surface area contributed by atoms with E-state index >= 15 is 0 Å². The largest absolute Gasteiger partial charge is 0.490 e. The SMILES string of the molecule is O=C(CCOc1ccccc1F)Nc1ccc(Cl)c(S(=O)(=O)Nc2cccc(Cl)c2)c1. The van der Waals surface area contributed by atoms with Crippen LogP contribution in [0.2, 0.25) is 10.0 Å². The van der Waals surface area contributed by atoms with Crippen LogP contribution in [-0.4, -0.2) is 20.9 Å². The molecule has 3 aromatic carbocycles. The van der Waals surface area contributed by atoms with E-state index in [1.807, 2.05) is 0 Å². The quantitative estimate of drug-likeness (QED) is 0.453. The van der Waals surface area contributed by atoms with Crippen molar-refractivity contribution < 1.29 is 22.3 Å². The Morgan fingerprint density at radius 2 is 1.74 bits per heavy atom. The van der Waals surface area contributed by atoms with E-state index in [0.29, 0.717) is 5.02 Å². The third-order valence-electron chi connectivity index (χ3n) is 4.00. The van der Waals surface area contributed by atoms with Crippen LogP contribution in [0.4, 0.5) is 15.8 Å². The maximum Gasteiger partial charge on any atom is 0.263 e. The van der Waals surface area contributed by atoms with E-state index in [9.17, 15) is 17.6 Å². The van der Waals surface area contributed by atoms with E-state index in [-0.39, 0.29) is 40.1 Å². The lowest BCUT2D eigenvalue weighted by Gasteiger charge is -2.12. The number of rotatable bonds is 8. The average Bonchev–Trinajstić information content (AvgIpc) is 2.70. The normalized spacial score (nSPS) is 11.1. The summed E-state index contributed by atoms with van der Waals surface area (Å²) in [6.45, 7) is -0.0537. The molecule has 0 spiro atoms. The molecule has 0 aliphatic carbocycles. The molecule has 162 valence electrons. The summed E-state index contributed by atoms with van der Waals surface area (Å²) >= 11 is 12.0. The van der Waals surface area contributed by atoms with Gasteiger partial charge in [0, 0.05) is 10.7 Å². The highest BCUT2D eigenvalue weighted by atomic mass is 35.5. The third kappa shape index (κ3) is 6.33. The van der Waals surface area contributed by atoms with Gasteiger partial charge in [-0.15, -0.1) is 0 Å². The molecule has 0 saturated heterocycles. The molecule has 0 fully saturated rings. The first-order chi connectivity index (χ1) is 14.7. The molecule has 0 aliphatic rings. The van der Waals surface area contributed by atoms with Crippen molar-refractivity contribution in [2.45, 2.75) is 11.3 Å². The standard InChI is InChI=1S/C21H17Cl2FN2O4S/c22-14-4-3-5-16(12-14)26-31(28,29)20-13-15(8-9-17(20)23)25-21(27)10-11-30-19-7-2-1-6-18(19)24/h1-9,12-13,26H,10-11H2,(H,25,27). The monoisotopic (exact) mass is 482 g/mol. The number of ether oxygens (including phenoxy) is 1. The highest BCUT2D eigenvalue weighted by molar-refractivity contribution is 7.92. The maximum atomic E-state index is 13.5. The van der Waals surface area contributed by atoms with Gasteiger partial charge in [0.25, 0.3) is 10.0 Å². The van der Waals surface area contributed by atoms with Crippen LogP contribution in [0.25, 0.3) is 0 Å². The highest BCUT2D eigenvalue weighted by Crippen LogP contribution is 2.28. The number of nitrogens with one attached hydrogen (secondary N) is 2. The van der Waals surface area contributed by atoms with Crippen LogP contribution in [0.3, 0.4) is 0 Å². The number of hydrogen-bond donors (Lipinski definition) is 2. The number of benzene rings is 3. The van der Waals surface area contributed by atoms with E-state index in [1.54, 1.807) is 24.3 Å². The minimum absolute atomic E-state index is 0.0181. The smallest absolute Gasteiger partial charge is 0.263 e. The summed E-state index contributed by atoms with van der Waals surface area (Å²) in [5, 5.41) is 2.92. The van der Waals surface area contributed by atoms with Gasteiger partial charge >= 0.3 is 0 Å². The van der Waals surface area contributed by atoms with Crippen LogP contribution >= 0.6 is 23.2 Å². The van der Waals surface area contributed by atoms with Crippen LogP contribution < -0.4 is 14.8 Å². The van der Waals surface area contributed by atoms with Crippen LogP contribution in [0.15, 0.2) is 71.6 Å². The van der Waals surface area contributed by atoms with Gasteiger partial charge in [-0.2, -0.15) is 0 Å². The van der Waals surface area contributed by atoms with Crippen molar-refractivity contribution in [1.82, 2.24) is 0 Å². The number of sulfonamides is 1. The summed E-state index contributed by atoms with van der Waals surface area (Å²) in [5.41, 5.74) is 0.495. The third-order valence-corrected chi connectivity index (χ3v) is 6.10. The van der Waals surface area contributed by atoms with Gasteiger partial charge in [-0.1, -0.05) is 41.4 Å². The molecule has 2 N–H and O–H groups in total. The van der Waals surface area contributed by atoms with Crippen LogP contribution in [0.5, 0.6) is 5.75 Å². The first-order valence-electron chi connectivity index (χ1n) is 9.00. The van der Waals surface area contributed by atoms with Gasteiger partial charge in [0.05, 0.1) is 23.7 Å². The Bertz CT molecular complexity index is 1210. The van der Waals surface area contributed by atoms with Crippen molar-refractivity contribution in [2.24, 2.45) is 0 Å². The van der Waals surface area contributed by atoms with Crippen molar-refractivity contribution in [1.29, 1.82) is 0 Å². The first kappa shape index (κ1) is 22.9. The van der Waals surface area contributed by atoms with Gasteiger partial charge in [-0.25, -0.2) is 12.8 Å². The second-order valence-corrected chi connectivity index (χ2v) is 8.83. The molecule has 0 radical (unpaired) electrons. The van der Waals surface area contributed by atoms with Crippen molar-refractivity contribution in [2.75, 3.05) is 16.6 Å². The Labute approximate surface area is 189 Å². The summed E-state index contributed by atoms with van der Waals surface area (Å²) < 4.78 is 46.6. The number of carbonyl (C=O) groups excluding carboxylic acids is 1. The van der Waals surface area contributed by atoms with Crippen molar-refractivity contribution >= 4 is 50.5 Å². The number of anilines is 2. The lowest BCUT2D eigenvalue weighted by Crippen LogP contribution is -2.17. The molecular weight excluding hydrogens is 466 g/mol. The fourth-order valence-electron chi connectivity index (χ4n) is 2.59. The molecule has 10 heteroatoms. The molecule has 1 amide bonds. The van der Waals surface area contributed by atoms with Gasteiger partial charge in [0.1, 0.15) is 4.90 Å². The lowest BCUT2D eigenvalue weighted by molar-refractivity contribution is -0.116. The van der Waals surface area contributed by atoms with E-state index in [1.165, 1.54) is 42.5 Å². The van der Waals surface area contributed by atoms with Gasteiger partial charge in [0.15, 0.2) is 11.6 Å². The molecule has 3 aromatic rings. The minimum atomic E-state index is -4.04. The fraction of sp³-hybridized carbons (Fsp3) is 0.0952. The zero-order valence-electron chi connectivity index (χ0n) is 15.9. The van der Waals surface area contributed by atoms with E-state index in [0.717, 1.165) is 0 Å². The highest BCUT2D eigenvalue weighted by Gasteiger charge is 2.19. The Kier molecular flexibility index (Phi) is 7.37. The van der Waals surface area contributed by atoms with Crippen LogP contribution in [-0.2, 0) is 14.8 Å². The summed E-state index contributed by atoms with van der Waals surface area (Å²) in [4.78, 5) is 12.0. The molecule has 6 nitrogen and oxygen atoms in total. The maximum absolute atomic E-state index is 13.5. The second kappa shape index (κ2) is 10.00. The Balaban J connectivity index is 1.66. The number of amides is 1. The van der Waals surface area contributed by atoms with Gasteiger partial charge in [0.2, 0.25) is 5.91 Å². The molecule has 0 aromatic heterocycles. The summed E-state index contributed by atoms with van der Waals surface area (Å²) in [6, 6.07) is 16.1. The zero-order chi connectivity index (χ0) is 22.4. The lowest BCUT2D eigenvalue weighted by atomic mass is 10.3. The fourth-order valence-corrected chi connectivity index (χ4v) is 4.35. The first-order valence-corrected chi connectivity index (χ1v) is 11.2. The van der Waals surface area contributed by atoms with Gasteiger partial charge in [-0.05, 0) is 48.5 Å². The van der Waals surface area contributed by atoms with Crippen LogP contribution in [0, 0.1) is 5.82 Å². The van der Waals surface area contributed by atoms with E-state index in [4.69, 9.17) is 27.9 Å². The minimum Gasteiger partial charge on any atom is -0.490 e. The van der Waals surface area contributed by atoms with Crippen molar-refractivity contribution in [3.8, 4) is 5.75 Å². The summed E-state index contributed by atoms with van der Waals surface area (Å²) in [6.07, 6.45) is -0.0696. The number of halogens is 3. The van der Waals surface area contributed by atoms with E-state index < -0.39 is 21.7 Å². The Hall–Kier alpha value is -2.81. The van der Waals surface area contributed by atoms with E-state index in [2.05, 4.69) is 10.0 Å². The molecule has 3 rings (SSSR count).